The van der Waals surface area contributed by atoms with Crippen molar-refractivity contribution >= 4 is 23.2 Å². The molecule has 0 aliphatic rings. The van der Waals surface area contributed by atoms with E-state index >= 15 is 0 Å². The van der Waals surface area contributed by atoms with E-state index in [1.165, 1.54) is 0 Å². The minimum absolute atomic E-state index is 0.384. The van der Waals surface area contributed by atoms with Crippen LogP contribution >= 0.6 is 23.2 Å². The molecule has 2 rings (SSSR count). The minimum atomic E-state index is 0.384. The van der Waals surface area contributed by atoms with Gasteiger partial charge >= 0.3 is 0 Å². The van der Waals surface area contributed by atoms with E-state index in [1.54, 1.807) is 25.1 Å². The molecule has 1 aromatic carbocycles. The number of aryl methyl sites for hydroxylation is 1. The van der Waals surface area contributed by atoms with Crippen LogP contribution in [0.5, 0.6) is 0 Å². The second-order valence-corrected chi connectivity index (χ2v) is 3.53. The van der Waals surface area contributed by atoms with Crippen LogP contribution in [0.1, 0.15) is 5.82 Å². The predicted octanol–water partition coefficient (Wildman–Crippen LogP) is 3.35. The van der Waals surface area contributed by atoms with Crippen molar-refractivity contribution in [1.82, 2.24) is 10.1 Å². The van der Waals surface area contributed by atoms with Crippen molar-refractivity contribution in [3.8, 4) is 11.5 Å². The highest BCUT2D eigenvalue weighted by molar-refractivity contribution is 6.43. The maximum atomic E-state index is 5.98. The normalized spacial score (nSPS) is 10.5. The third kappa shape index (κ3) is 1.61. The fourth-order valence-corrected chi connectivity index (χ4v) is 1.46. The molecule has 0 saturated carbocycles. The van der Waals surface area contributed by atoms with Crippen LogP contribution in [0.15, 0.2) is 22.7 Å². The van der Waals surface area contributed by atoms with E-state index in [4.69, 9.17) is 27.7 Å². The Morgan fingerprint density at radius 3 is 2.71 bits per heavy atom. The van der Waals surface area contributed by atoms with Crippen molar-refractivity contribution in [2.45, 2.75) is 6.92 Å². The number of nitrogens with zero attached hydrogens (tertiary/aromatic N) is 2. The lowest BCUT2D eigenvalue weighted by molar-refractivity contribution is 0.425. The van der Waals surface area contributed by atoms with Gasteiger partial charge in [-0.2, -0.15) is 4.98 Å². The first-order valence-electron chi connectivity index (χ1n) is 3.93. The monoisotopic (exact) mass is 228 g/mol. The standard InChI is InChI=1S/C9H6Cl2N2O/c1-5-12-9(14-13-5)6-3-2-4-7(10)8(6)11/h2-4H,1H3. The van der Waals surface area contributed by atoms with E-state index < -0.39 is 0 Å². The highest BCUT2D eigenvalue weighted by atomic mass is 35.5. The Labute approximate surface area is 90.6 Å². The fraction of sp³-hybridized carbons (Fsp3) is 0.111. The van der Waals surface area contributed by atoms with Gasteiger partial charge in [0, 0.05) is 0 Å². The summed E-state index contributed by atoms with van der Waals surface area (Å²) in [6, 6.07) is 5.26. The van der Waals surface area contributed by atoms with Crippen molar-refractivity contribution in [3.63, 3.8) is 0 Å². The minimum Gasteiger partial charge on any atom is -0.334 e. The zero-order chi connectivity index (χ0) is 10.1. The zero-order valence-electron chi connectivity index (χ0n) is 7.29. The summed E-state index contributed by atoms with van der Waals surface area (Å²) in [5.41, 5.74) is 0.653. The molecule has 0 spiro atoms. The molecule has 0 unspecified atom stereocenters. The van der Waals surface area contributed by atoms with Gasteiger partial charge in [0.15, 0.2) is 5.82 Å². The Balaban J connectivity index is 2.57. The third-order valence-corrected chi connectivity index (χ3v) is 2.53. The van der Waals surface area contributed by atoms with Gasteiger partial charge in [-0.3, -0.25) is 0 Å². The van der Waals surface area contributed by atoms with Crippen LogP contribution in [-0.4, -0.2) is 10.1 Å². The molecule has 0 bridgehead atoms. The molecular formula is C9H6Cl2N2O. The second kappa shape index (κ2) is 3.59. The maximum Gasteiger partial charge on any atom is 0.259 e. The van der Waals surface area contributed by atoms with Gasteiger partial charge in [-0.05, 0) is 19.1 Å². The highest BCUT2D eigenvalue weighted by Gasteiger charge is 2.12. The number of aromatic nitrogens is 2. The number of rotatable bonds is 1. The van der Waals surface area contributed by atoms with Crippen LogP contribution in [0.2, 0.25) is 10.0 Å². The zero-order valence-corrected chi connectivity index (χ0v) is 8.80. The van der Waals surface area contributed by atoms with E-state index in [-0.39, 0.29) is 0 Å². The largest absolute Gasteiger partial charge is 0.334 e. The highest BCUT2D eigenvalue weighted by Crippen LogP contribution is 2.32. The van der Waals surface area contributed by atoms with Crippen molar-refractivity contribution in [3.05, 3.63) is 34.1 Å². The topological polar surface area (TPSA) is 38.9 Å². The Hall–Kier alpha value is -1.06. The fourth-order valence-electron chi connectivity index (χ4n) is 1.08. The van der Waals surface area contributed by atoms with Gasteiger partial charge < -0.3 is 4.52 Å². The molecular weight excluding hydrogens is 223 g/mol. The molecule has 0 aliphatic heterocycles. The molecule has 0 atom stereocenters. The Kier molecular flexibility index (Phi) is 2.44. The quantitative estimate of drug-likeness (QED) is 0.752. The molecule has 0 aliphatic carbocycles. The van der Waals surface area contributed by atoms with Gasteiger partial charge in [-0.1, -0.05) is 34.4 Å². The van der Waals surface area contributed by atoms with Crippen molar-refractivity contribution in [1.29, 1.82) is 0 Å². The van der Waals surface area contributed by atoms with E-state index in [0.29, 0.717) is 27.3 Å². The number of hydrogen-bond acceptors (Lipinski definition) is 3. The third-order valence-electron chi connectivity index (χ3n) is 1.71. The summed E-state index contributed by atoms with van der Waals surface area (Å²) in [6.45, 7) is 1.74. The number of hydrogen-bond donors (Lipinski definition) is 0. The molecule has 0 saturated heterocycles. The molecule has 0 radical (unpaired) electrons. The average molecular weight is 229 g/mol. The van der Waals surface area contributed by atoms with Crippen LogP contribution in [0, 0.1) is 6.92 Å². The van der Waals surface area contributed by atoms with Crippen LogP contribution < -0.4 is 0 Å². The van der Waals surface area contributed by atoms with Crippen molar-refractivity contribution < 1.29 is 4.52 Å². The predicted molar refractivity (Wildman–Crippen MR) is 54.5 cm³/mol. The molecule has 1 aromatic heterocycles. The lowest BCUT2D eigenvalue weighted by Gasteiger charge is -1.99. The molecule has 1 heterocycles. The van der Waals surface area contributed by atoms with E-state index in [0.717, 1.165) is 0 Å². The summed E-state index contributed by atoms with van der Waals surface area (Å²) >= 11 is 11.8. The van der Waals surface area contributed by atoms with Crippen molar-refractivity contribution in [2.24, 2.45) is 0 Å². The summed E-state index contributed by atoms with van der Waals surface area (Å²) in [5, 5.41) is 4.58. The van der Waals surface area contributed by atoms with Crippen molar-refractivity contribution in [2.75, 3.05) is 0 Å². The summed E-state index contributed by atoms with van der Waals surface area (Å²) in [6.07, 6.45) is 0. The van der Waals surface area contributed by atoms with Crippen LogP contribution in [0.25, 0.3) is 11.5 Å². The summed E-state index contributed by atoms with van der Waals surface area (Å²) < 4.78 is 4.98. The first-order chi connectivity index (χ1) is 6.68. The SMILES string of the molecule is Cc1noc(-c2cccc(Cl)c2Cl)n1. The molecule has 5 heteroatoms. The molecule has 0 fully saturated rings. The molecule has 0 amide bonds. The van der Waals surface area contributed by atoms with Crippen LogP contribution in [0.3, 0.4) is 0 Å². The smallest absolute Gasteiger partial charge is 0.259 e. The van der Waals surface area contributed by atoms with Gasteiger partial charge in [0.25, 0.3) is 5.89 Å². The van der Waals surface area contributed by atoms with E-state index in [1.807, 2.05) is 0 Å². The second-order valence-electron chi connectivity index (χ2n) is 2.75. The van der Waals surface area contributed by atoms with Gasteiger partial charge in [-0.15, -0.1) is 0 Å². The summed E-state index contributed by atoms with van der Waals surface area (Å²) in [5.74, 6) is 0.950. The Morgan fingerprint density at radius 2 is 2.07 bits per heavy atom. The van der Waals surface area contributed by atoms with Gasteiger partial charge in [-0.25, -0.2) is 0 Å². The molecule has 14 heavy (non-hydrogen) atoms. The molecule has 3 nitrogen and oxygen atoms in total. The lowest BCUT2D eigenvalue weighted by atomic mass is 10.2. The first kappa shape index (κ1) is 9.49. The lowest BCUT2D eigenvalue weighted by Crippen LogP contribution is -1.80. The van der Waals surface area contributed by atoms with Crippen LogP contribution in [0.4, 0.5) is 0 Å². The van der Waals surface area contributed by atoms with E-state index in [2.05, 4.69) is 10.1 Å². The molecule has 2 aromatic rings. The van der Waals surface area contributed by atoms with Gasteiger partial charge in [0.05, 0.1) is 15.6 Å². The Bertz CT molecular complexity index is 468. The summed E-state index contributed by atoms with van der Waals surface area (Å²) in [4.78, 5) is 4.06. The first-order valence-corrected chi connectivity index (χ1v) is 4.69. The number of benzene rings is 1. The molecule has 0 N–H and O–H groups in total. The number of halogens is 2. The average Bonchev–Trinajstić information content (AvgIpc) is 2.57. The molecule has 72 valence electrons. The van der Waals surface area contributed by atoms with Gasteiger partial charge in [0.1, 0.15) is 0 Å². The van der Waals surface area contributed by atoms with Gasteiger partial charge in [0.2, 0.25) is 0 Å². The maximum absolute atomic E-state index is 5.98. The van der Waals surface area contributed by atoms with Crippen LogP contribution in [-0.2, 0) is 0 Å². The Morgan fingerprint density at radius 1 is 1.29 bits per heavy atom. The summed E-state index contributed by atoms with van der Waals surface area (Å²) in [7, 11) is 0. The van der Waals surface area contributed by atoms with E-state index in [9.17, 15) is 0 Å².